The van der Waals surface area contributed by atoms with Gasteiger partial charge in [0.25, 0.3) is 0 Å². The van der Waals surface area contributed by atoms with Crippen molar-refractivity contribution in [1.82, 2.24) is 0 Å². The van der Waals surface area contributed by atoms with Crippen molar-refractivity contribution in [3.63, 3.8) is 0 Å². The van der Waals surface area contributed by atoms with Crippen LogP contribution in [-0.4, -0.2) is 36.2 Å². The van der Waals surface area contributed by atoms with Gasteiger partial charge in [-0.2, -0.15) is 35.1 Å². The quantitative estimate of drug-likeness (QED) is 0.586. The van der Waals surface area contributed by atoms with Crippen LogP contribution in [0.15, 0.2) is 48.5 Å². The molecule has 0 bridgehead atoms. The van der Waals surface area contributed by atoms with Gasteiger partial charge in [-0.25, -0.2) is 4.39 Å². The third kappa shape index (κ3) is 6.18. The fourth-order valence-corrected chi connectivity index (χ4v) is 2.38. The van der Waals surface area contributed by atoms with Crippen molar-refractivity contribution >= 4 is 5.69 Å². The highest BCUT2D eigenvalue weighted by Crippen LogP contribution is 2.37. The van der Waals surface area contributed by atoms with Crippen molar-refractivity contribution in [3.05, 3.63) is 59.9 Å². The second-order valence-corrected chi connectivity index (χ2v) is 6.18. The fraction of sp³-hybridized carbons (Fsp3) is 0.333. The van der Waals surface area contributed by atoms with Gasteiger partial charge in [-0.3, -0.25) is 0 Å². The van der Waals surface area contributed by atoms with Crippen molar-refractivity contribution in [2.45, 2.75) is 31.1 Å². The molecule has 0 heterocycles. The van der Waals surface area contributed by atoms with Crippen LogP contribution in [-0.2, 0) is 6.54 Å². The number of ether oxygens (including phenoxy) is 1. The zero-order valence-corrected chi connectivity index (χ0v) is 14.8. The Morgan fingerprint density at radius 1 is 0.900 bits per heavy atom. The van der Waals surface area contributed by atoms with Gasteiger partial charge in [0.15, 0.2) is 6.10 Å². The molecule has 1 atom stereocenters. The Morgan fingerprint density at radius 2 is 1.53 bits per heavy atom. The lowest BCUT2D eigenvalue weighted by molar-refractivity contribution is -0.360. The SMILES string of the molecule is OC(CN(Cc1cccc(OC(F)(F)C(F)(F)F)c1)c1cccc(F)c1)C(F)(F)F. The van der Waals surface area contributed by atoms with E-state index in [0.717, 1.165) is 35.2 Å². The van der Waals surface area contributed by atoms with E-state index in [0.29, 0.717) is 0 Å². The van der Waals surface area contributed by atoms with E-state index in [2.05, 4.69) is 4.74 Å². The zero-order valence-electron chi connectivity index (χ0n) is 14.8. The smallest absolute Gasteiger partial charge is 0.426 e. The standard InChI is InChI=1S/C18H14F9NO2/c19-12-4-2-5-13(8-12)28(10-15(29)16(20,21)22)9-11-3-1-6-14(7-11)30-18(26,27)17(23,24)25/h1-8,15,29H,9-10H2. The van der Waals surface area contributed by atoms with E-state index >= 15 is 0 Å². The lowest BCUT2D eigenvalue weighted by Gasteiger charge is -2.28. The van der Waals surface area contributed by atoms with Crippen LogP contribution in [0.3, 0.4) is 0 Å². The summed E-state index contributed by atoms with van der Waals surface area (Å²) in [5, 5.41) is 9.35. The van der Waals surface area contributed by atoms with Crippen molar-refractivity contribution in [2.24, 2.45) is 0 Å². The highest BCUT2D eigenvalue weighted by molar-refractivity contribution is 5.47. The Balaban J connectivity index is 2.29. The largest absolute Gasteiger partial charge is 0.499 e. The molecule has 0 fully saturated rings. The van der Waals surface area contributed by atoms with Crippen LogP contribution < -0.4 is 9.64 Å². The summed E-state index contributed by atoms with van der Waals surface area (Å²) < 4.78 is 118. The first-order chi connectivity index (χ1) is 13.7. The second-order valence-electron chi connectivity index (χ2n) is 6.18. The Morgan fingerprint density at radius 3 is 2.10 bits per heavy atom. The predicted molar refractivity (Wildman–Crippen MR) is 87.6 cm³/mol. The number of halogens is 9. The first-order valence-corrected chi connectivity index (χ1v) is 8.17. The number of hydrogen-bond donors (Lipinski definition) is 1. The summed E-state index contributed by atoms with van der Waals surface area (Å²) in [6, 6.07) is 8.19. The van der Waals surface area contributed by atoms with Crippen LogP contribution in [0.2, 0.25) is 0 Å². The first kappa shape index (κ1) is 23.6. The number of aliphatic hydroxyl groups excluding tert-OH is 1. The number of anilines is 1. The van der Waals surface area contributed by atoms with Crippen LogP contribution in [0.25, 0.3) is 0 Å². The molecule has 30 heavy (non-hydrogen) atoms. The highest BCUT2D eigenvalue weighted by Gasteiger charge is 2.61. The average molecular weight is 447 g/mol. The summed E-state index contributed by atoms with van der Waals surface area (Å²) in [7, 11) is 0. The van der Waals surface area contributed by atoms with Gasteiger partial charge in [0.2, 0.25) is 0 Å². The molecule has 0 aliphatic carbocycles. The van der Waals surface area contributed by atoms with Crippen molar-refractivity contribution in [1.29, 1.82) is 0 Å². The van der Waals surface area contributed by atoms with Crippen LogP contribution >= 0.6 is 0 Å². The van der Waals surface area contributed by atoms with Gasteiger partial charge in [0.05, 0.1) is 6.54 Å². The first-order valence-electron chi connectivity index (χ1n) is 8.17. The molecule has 0 saturated heterocycles. The second kappa shape index (κ2) is 8.62. The van der Waals surface area contributed by atoms with Gasteiger partial charge < -0.3 is 14.7 Å². The number of aliphatic hydroxyl groups is 1. The van der Waals surface area contributed by atoms with Crippen molar-refractivity contribution < 1.29 is 49.4 Å². The summed E-state index contributed by atoms with van der Waals surface area (Å²) in [5.41, 5.74) is -0.102. The van der Waals surface area contributed by atoms with Crippen LogP contribution in [0, 0.1) is 5.82 Å². The van der Waals surface area contributed by atoms with Gasteiger partial charge in [-0.05, 0) is 35.9 Å². The number of benzene rings is 2. The molecule has 2 rings (SSSR count). The fourth-order valence-electron chi connectivity index (χ4n) is 2.38. The van der Waals surface area contributed by atoms with Gasteiger partial charge in [-0.15, -0.1) is 0 Å². The van der Waals surface area contributed by atoms with Crippen LogP contribution in [0.1, 0.15) is 5.56 Å². The third-order valence-electron chi connectivity index (χ3n) is 3.79. The molecule has 166 valence electrons. The van der Waals surface area contributed by atoms with E-state index in [4.69, 9.17) is 0 Å². The molecule has 0 aromatic heterocycles. The monoisotopic (exact) mass is 447 g/mol. The lowest BCUT2D eigenvalue weighted by Crippen LogP contribution is -2.42. The molecule has 12 heteroatoms. The molecule has 3 nitrogen and oxygen atoms in total. The minimum atomic E-state index is -5.98. The minimum Gasteiger partial charge on any atom is -0.426 e. The molecule has 0 amide bonds. The molecular weight excluding hydrogens is 433 g/mol. The Kier molecular flexibility index (Phi) is 6.80. The van der Waals surface area contributed by atoms with E-state index in [1.165, 1.54) is 18.2 Å². The molecule has 1 unspecified atom stereocenters. The molecule has 0 aliphatic rings. The Bertz CT molecular complexity index is 852. The lowest BCUT2D eigenvalue weighted by atomic mass is 10.1. The summed E-state index contributed by atoms with van der Waals surface area (Å²) in [4.78, 5) is 0.891. The molecule has 0 saturated carbocycles. The van der Waals surface area contributed by atoms with E-state index < -0.39 is 49.2 Å². The normalized spacial score (nSPS) is 13.8. The van der Waals surface area contributed by atoms with Gasteiger partial charge >= 0.3 is 18.5 Å². The molecule has 2 aromatic carbocycles. The summed E-state index contributed by atoms with van der Waals surface area (Å²) in [6.45, 7) is -1.53. The molecular formula is C18H14F9NO2. The van der Waals surface area contributed by atoms with Gasteiger partial charge in [0, 0.05) is 12.2 Å². The van der Waals surface area contributed by atoms with Crippen LogP contribution in [0.4, 0.5) is 45.2 Å². The third-order valence-corrected chi connectivity index (χ3v) is 3.79. The Hall–Kier alpha value is -2.63. The topological polar surface area (TPSA) is 32.7 Å². The molecule has 0 aliphatic heterocycles. The maximum absolute atomic E-state index is 13.5. The van der Waals surface area contributed by atoms with E-state index in [1.54, 1.807) is 0 Å². The van der Waals surface area contributed by atoms with E-state index in [-0.39, 0.29) is 11.3 Å². The number of nitrogens with zero attached hydrogens (tertiary/aromatic N) is 1. The average Bonchev–Trinajstić information content (AvgIpc) is 2.59. The molecule has 1 N–H and O–H groups in total. The number of rotatable bonds is 7. The van der Waals surface area contributed by atoms with Crippen molar-refractivity contribution in [3.8, 4) is 5.75 Å². The molecule has 0 spiro atoms. The number of alkyl halides is 8. The summed E-state index contributed by atoms with van der Waals surface area (Å²) in [5.74, 6) is -1.67. The highest BCUT2D eigenvalue weighted by atomic mass is 19.4. The zero-order chi connectivity index (χ0) is 22.7. The van der Waals surface area contributed by atoms with Gasteiger partial charge in [-0.1, -0.05) is 18.2 Å². The van der Waals surface area contributed by atoms with Gasteiger partial charge in [0.1, 0.15) is 11.6 Å². The predicted octanol–water partition coefficient (Wildman–Crippen LogP) is 5.29. The summed E-state index contributed by atoms with van der Waals surface area (Å²) in [6.07, 6.45) is -19.3. The minimum absolute atomic E-state index is 0.0240. The Labute approximate surface area is 164 Å². The van der Waals surface area contributed by atoms with Crippen LogP contribution in [0.5, 0.6) is 5.75 Å². The number of hydrogen-bond acceptors (Lipinski definition) is 3. The maximum atomic E-state index is 13.5. The van der Waals surface area contributed by atoms with E-state index in [9.17, 15) is 44.6 Å². The maximum Gasteiger partial charge on any atom is 0.499 e. The van der Waals surface area contributed by atoms with E-state index in [1.807, 2.05) is 0 Å². The summed E-state index contributed by atoms with van der Waals surface area (Å²) >= 11 is 0. The molecule has 0 radical (unpaired) electrons. The van der Waals surface area contributed by atoms with Crippen molar-refractivity contribution in [2.75, 3.05) is 11.4 Å². The molecule has 2 aromatic rings.